The fraction of sp³-hybridized carbons (Fsp3) is 0.235. The number of rotatable bonds is 7. The van der Waals surface area contributed by atoms with Gasteiger partial charge in [0.2, 0.25) is 0 Å². The SMILES string of the molecule is CCOc1ccc(C=NOCc2ccccc2)cc1OC. The highest BCUT2D eigenvalue weighted by atomic mass is 16.6. The van der Waals surface area contributed by atoms with E-state index in [9.17, 15) is 0 Å². The summed E-state index contributed by atoms with van der Waals surface area (Å²) in [5.41, 5.74) is 1.97. The number of hydrogen-bond donors (Lipinski definition) is 0. The molecule has 110 valence electrons. The van der Waals surface area contributed by atoms with E-state index in [-0.39, 0.29) is 0 Å². The largest absolute Gasteiger partial charge is 0.493 e. The summed E-state index contributed by atoms with van der Waals surface area (Å²) in [6.07, 6.45) is 1.65. The first-order chi connectivity index (χ1) is 10.3. The van der Waals surface area contributed by atoms with Crippen LogP contribution in [0.3, 0.4) is 0 Å². The van der Waals surface area contributed by atoms with Gasteiger partial charge >= 0.3 is 0 Å². The molecule has 0 unspecified atom stereocenters. The van der Waals surface area contributed by atoms with Crippen LogP contribution in [0.2, 0.25) is 0 Å². The van der Waals surface area contributed by atoms with E-state index < -0.39 is 0 Å². The molecule has 0 aliphatic carbocycles. The number of benzene rings is 2. The first-order valence-corrected chi connectivity index (χ1v) is 6.83. The summed E-state index contributed by atoms with van der Waals surface area (Å²) >= 11 is 0. The van der Waals surface area contributed by atoms with E-state index in [2.05, 4.69) is 5.16 Å². The zero-order chi connectivity index (χ0) is 14.9. The molecule has 0 radical (unpaired) electrons. The Balaban J connectivity index is 1.94. The van der Waals surface area contributed by atoms with E-state index in [0.717, 1.165) is 16.9 Å². The molecule has 2 aromatic carbocycles. The summed E-state index contributed by atoms with van der Waals surface area (Å²) in [7, 11) is 1.62. The second-order valence-corrected chi connectivity index (χ2v) is 4.34. The molecule has 0 spiro atoms. The van der Waals surface area contributed by atoms with E-state index in [0.29, 0.717) is 19.0 Å². The number of nitrogens with zero attached hydrogens (tertiary/aromatic N) is 1. The molecule has 0 amide bonds. The van der Waals surface area contributed by atoms with Gasteiger partial charge in [-0.15, -0.1) is 0 Å². The Morgan fingerprint density at radius 3 is 2.57 bits per heavy atom. The molecule has 0 fully saturated rings. The highest BCUT2D eigenvalue weighted by molar-refractivity contribution is 5.80. The minimum Gasteiger partial charge on any atom is -0.493 e. The summed E-state index contributed by atoms with van der Waals surface area (Å²) in [4.78, 5) is 5.27. The summed E-state index contributed by atoms with van der Waals surface area (Å²) < 4.78 is 10.8. The molecule has 2 rings (SSSR count). The van der Waals surface area contributed by atoms with Crippen LogP contribution in [0, 0.1) is 0 Å². The normalized spacial score (nSPS) is 10.6. The van der Waals surface area contributed by atoms with Crippen molar-refractivity contribution in [3.63, 3.8) is 0 Å². The van der Waals surface area contributed by atoms with Crippen LogP contribution in [0.25, 0.3) is 0 Å². The first kappa shape index (κ1) is 14.9. The quantitative estimate of drug-likeness (QED) is 0.576. The summed E-state index contributed by atoms with van der Waals surface area (Å²) in [6.45, 7) is 2.99. The van der Waals surface area contributed by atoms with Gasteiger partial charge in [0.05, 0.1) is 19.9 Å². The van der Waals surface area contributed by atoms with Crippen molar-refractivity contribution >= 4 is 6.21 Å². The van der Waals surface area contributed by atoms with Gasteiger partial charge in [0.25, 0.3) is 0 Å². The van der Waals surface area contributed by atoms with E-state index >= 15 is 0 Å². The minimum absolute atomic E-state index is 0.450. The number of ether oxygens (including phenoxy) is 2. The van der Waals surface area contributed by atoms with Crippen LogP contribution in [0.15, 0.2) is 53.7 Å². The van der Waals surface area contributed by atoms with Crippen LogP contribution in [-0.2, 0) is 11.4 Å². The molecule has 0 aliphatic heterocycles. The topological polar surface area (TPSA) is 40.0 Å². The van der Waals surface area contributed by atoms with Gasteiger partial charge in [-0.2, -0.15) is 0 Å². The highest BCUT2D eigenvalue weighted by Crippen LogP contribution is 2.27. The number of methoxy groups -OCH3 is 1. The van der Waals surface area contributed by atoms with Crippen molar-refractivity contribution in [2.45, 2.75) is 13.5 Å². The molecule has 0 heterocycles. The molecule has 0 saturated heterocycles. The molecule has 0 atom stereocenters. The Kier molecular flexibility index (Phi) is 5.64. The molecule has 0 aliphatic rings. The van der Waals surface area contributed by atoms with Crippen LogP contribution in [0.5, 0.6) is 11.5 Å². The minimum atomic E-state index is 0.450. The number of hydrogen-bond acceptors (Lipinski definition) is 4. The molecule has 21 heavy (non-hydrogen) atoms. The van der Waals surface area contributed by atoms with Crippen LogP contribution in [0.4, 0.5) is 0 Å². The Morgan fingerprint density at radius 2 is 1.86 bits per heavy atom. The summed E-state index contributed by atoms with van der Waals surface area (Å²) in [6, 6.07) is 15.5. The highest BCUT2D eigenvalue weighted by Gasteiger charge is 2.03. The summed E-state index contributed by atoms with van der Waals surface area (Å²) in [5, 5.41) is 3.97. The lowest BCUT2D eigenvalue weighted by Gasteiger charge is -2.09. The zero-order valence-electron chi connectivity index (χ0n) is 12.3. The van der Waals surface area contributed by atoms with Gasteiger partial charge in [-0.25, -0.2) is 0 Å². The van der Waals surface area contributed by atoms with Crippen molar-refractivity contribution in [1.82, 2.24) is 0 Å². The van der Waals surface area contributed by atoms with Crippen molar-refractivity contribution in [2.75, 3.05) is 13.7 Å². The van der Waals surface area contributed by atoms with Gasteiger partial charge < -0.3 is 14.3 Å². The first-order valence-electron chi connectivity index (χ1n) is 6.83. The third-order valence-corrected chi connectivity index (χ3v) is 2.84. The van der Waals surface area contributed by atoms with Gasteiger partial charge in [-0.05, 0) is 30.7 Å². The van der Waals surface area contributed by atoms with E-state index in [1.165, 1.54) is 0 Å². The Bertz CT molecular complexity index is 582. The predicted octanol–water partition coefficient (Wildman–Crippen LogP) is 3.64. The lowest BCUT2D eigenvalue weighted by Crippen LogP contribution is -1.96. The average Bonchev–Trinajstić information content (AvgIpc) is 2.54. The van der Waals surface area contributed by atoms with E-state index in [1.54, 1.807) is 13.3 Å². The molecule has 0 aromatic heterocycles. The van der Waals surface area contributed by atoms with Crippen molar-refractivity contribution in [3.05, 3.63) is 59.7 Å². The monoisotopic (exact) mass is 285 g/mol. The van der Waals surface area contributed by atoms with Gasteiger partial charge in [0, 0.05) is 5.56 Å². The zero-order valence-corrected chi connectivity index (χ0v) is 12.3. The Hall–Kier alpha value is -2.49. The third-order valence-electron chi connectivity index (χ3n) is 2.84. The average molecular weight is 285 g/mol. The molecule has 4 heteroatoms. The second-order valence-electron chi connectivity index (χ2n) is 4.34. The van der Waals surface area contributed by atoms with Gasteiger partial charge in [-0.3, -0.25) is 0 Å². The van der Waals surface area contributed by atoms with Gasteiger partial charge in [0.15, 0.2) is 11.5 Å². The van der Waals surface area contributed by atoms with Crippen molar-refractivity contribution in [1.29, 1.82) is 0 Å². The fourth-order valence-corrected chi connectivity index (χ4v) is 1.82. The van der Waals surface area contributed by atoms with Gasteiger partial charge in [0.1, 0.15) is 6.61 Å². The van der Waals surface area contributed by atoms with Crippen LogP contribution < -0.4 is 9.47 Å². The Labute approximate surface area is 125 Å². The van der Waals surface area contributed by atoms with E-state index in [1.807, 2.05) is 55.5 Å². The van der Waals surface area contributed by atoms with Crippen LogP contribution >= 0.6 is 0 Å². The number of oxime groups is 1. The summed E-state index contributed by atoms with van der Waals surface area (Å²) in [5.74, 6) is 1.41. The van der Waals surface area contributed by atoms with Crippen molar-refractivity contribution in [3.8, 4) is 11.5 Å². The maximum absolute atomic E-state index is 5.47. The molecule has 0 bridgehead atoms. The second kappa shape index (κ2) is 7.94. The maximum atomic E-state index is 5.47. The third kappa shape index (κ3) is 4.53. The predicted molar refractivity (Wildman–Crippen MR) is 83.0 cm³/mol. The van der Waals surface area contributed by atoms with E-state index in [4.69, 9.17) is 14.3 Å². The lowest BCUT2D eigenvalue weighted by atomic mass is 10.2. The molecule has 4 nitrogen and oxygen atoms in total. The molecular formula is C17H19NO3. The van der Waals surface area contributed by atoms with Crippen molar-refractivity contribution < 1.29 is 14.3 Å². The van der Waals surface area contributed by atoms with Crippen molar-refractivity contribution in [2.24, 2.45) is 5.16 Å². The van der Waals surface area contributed by atoms with Crippen LogP contribution in [0.1, 0.15) is 18.1 Å². The Morgan fingerprint density at radius 1 is 1.05 bits per heavy atom. The maximum Gasteiger partial charge on any atom is 0.161 e. The van der Waals surface area contributed by atoms with Gasteiger partial charge in [-0.1, -0.05) is 35.5 Å². The smallest absolute Gasteiger partial charge is 0.161 e. The molecule has 2 aromatic rings. The van der Waals surface area contributed by atoms with Crippen LogP contribution in [-0.4, -0.2) is 19.9 Å². The molecular weight excluding hydrogens is 266 g/mol. The molecule has 0 saturated carbocycles. The fourth-order valence-electron chi connectivity index (χ4n) is 1.82. The molecule has 0 N–H and O–H groups in total. The lowest BCUT2D eigenvalue weighted by molar-refractivity contribution is 0.132. The standard InChI is InChI=1S/C17H19NO3/c1-3-20-16-10-9-15(11-17(16)19-2)12-18-21-13-14-7-5-4-6-8-14/h4-12H,3,13H2,1-2H3.